The Balaban J connectivity index is 1.92. The third kappa shape index (κ3) is 5.81. The van der Waals surface area contributed by atoms with Crippen molar-refractivity contribution in [2.24, 2.45) is 5.92 Å². The molecule has 2 N–H and O–H groups in total. The first-order valence-corrected chi connectivity index (χ1v) is 10.3. The van der Waals surface area contributed by atoms with Crippen molar-refractivity contribution in [1.29, 1.82) is 0 Å². The van der Waals surface area contributed by atoms with E-state index in [-0.39, 0.29) is 22.8 Å². The lowest BCUT2D eigenvalue weighted by Crippen LogP contribution is -2.46. The van der Waals surface area contributed by atoms with Crippen LogP contribution < -0.4 is 10.0 Å². The summed E-state index contributed by atoms with van der Waals surface area (Å²) >= 11 is 0. The van der Waals surface area contributed by atoms with E-state index in [9.17, 15) is 18.0 Å². The number of benzene rings is 1. The van der Waals surface area contributed by atoms with Crippen molar-refractivity contribution in [2.45, 2.75) is 51.0 Å². The molecule has 26 heavy (non-hydrogen) atoms. The Hall–Kier alpha value is -1.93. The Morgan fingerprint density at radius 1 is 1.15 bits per heavy atom. The van der Waals surface area contributed by atoms with Gasteiger partial charge in [0.25, 0.3) is 0 Å². The Morgan fingerprint density at radius 2 is 1.73 bits per heavy atom. The van der Waals surface area contributed by atoms with E-state index in [1.165, 1.54) is 19.1 Å². The van der Waals surface area contributed by atoms with Crippen LogP contribution in [0, 0.1) is 5.92 Å². The highest BCUT2D eigenvalue weighted by molar-refractivity contribution is 7.89. The smallest absolute Gasteiger partial charge is 0.240 e. The molecule has 1 fully saturated rings. The van der Waals surface area contributed by atoms with Crippen LogP contribution in [0.5, 0.6) is 0 Å². The van der Waals surface area contributed by atoms with Gasteiger partial charge in [-0.2, -0.15) is 0 Å². The normalized spacial score (nSPS) is 15.9. The minimum atomic E-state index is -3.63. The average molecular weight is 381 g/mol. The first-order chi connectivity index (χ1) is 12.2. The third-order valence-corrected chi connectivity index (χ3v) is 5.77. The number of carbonyl (C=O) groups is 2. The van der Waals surface area contributed by atoms with E-state index in [1.54, 1.807) is 12.1 Å². The van der Waals surface area contributed by atoms with Crippen LogP contribution in [-0.2, 0) is 19.6 Å². The Morgan fingerprint density at radius 3 is 2.23 bits per heavy atom. The first-order valence-electron chi connectivity index (χ1n) is 8.85. The molecule has 1 aliphatic rings. The summed E-state index contributed by atoms with van der Waals surface area (Å²) in [7, 11) is -3.63. The number of piperidine rings is 1. The van der Waals surface area contributed by atoms with Crippen LogP contribution in [0.2, 0.25) is 0 Å². The lowest BCUT2D eigenvalue weighted by Gasteiger charge is -2.32. The number of sulfonamides is 1. The van der Waals surface area contributed by atoms with Gasteiger partial charge >= 0.3 is 0 Å². The Labute approximate surface area is 155 Å². The molecule has 1 heterocycles. The number of anilines is 1. The molecule has 0 aromatic heterocycles. The minimum Gasteiger partial charge on any atom is -0.343 e. The number of carbonyl (C=O) groups excluding carboxylic acids is 2. The summed E-state index contributed by atoms with van der Waals surface area (Å²) in [6, 6.07) is 5.87. The quantitative estimate of drug-likeness (QED) is 0.787. The van der Waals surface area contributed by atoms with Crippen LogP contribution >= 0.6 is 0 Å². The predicted octanol–water partition coefficient (Wildman–Crippen LogP) is 1.96. The fourth-order valence-electron chi connectivity index (χ4n) is 2.93. The second-order valence-corrected chi connectivity index (χ2v) is 8.79. The van der Waals surface area contributed by atoms with E-state index in [0.717, 1.165) is 0 Å². The second-order valence-electron chi connectivity index (χ2n) is 7.08. The van der Waals surface area contributed by atoms with Gasteiger partial charge in [0, 0.05) is 38.2 Å². The van der Waals surface area contributed by atoms with Crippen molar-refractivity contribution >= 4 is 27.5 Å². The van der Waals surface area contributed by atoms with Crippen LogP contribution in [0.15, 0.2) is 29.2 Å². The summed E-state index contributed by atoms with van der Waals surface area (Å²) in [6.45, 7) is 6.55. The fraction of sp³-hybridized carbons (Fsp3) is 0.556. The van der Waals surface area contributed by atoms with Crippen molar-refractivity contribution in [2.75, 3.05) is 18.4 Å². The molecule has 1 aromatic rings. The van der Waals surface area contributed by atoms with Gasteiger partial charge in [0.2, 0.25) is 21.8 Å². The van der Waals surface area contributed by atoms with Gasteiger partial charge in [-0.1, -0.05) is 13.8 Å². The molecule has 8 heteroatoms. The van der Waals surface area contributed by atoms with E-state index >= 15 is 0 Å². The average Bonchev–Trinajstić information content (AvgIpc) is 2.54. The zero-order valence-electron chi connectivity index (χ0n) is 15.5. The molecule has 0 aliphatic carbocycles. The summed E-state index contributed by atoms with van der Waals surface area (Å²) in [5.74, 6) is 0.242. The van der Waals surface area contributed by atoms with E-state index in [4.69, 9.17) is 0 Å². The highest BCUT2D eigenvalue weighted by atomic mass is 32.2. The molecule has 1 saturated heterocycles. The van der Waals surface area contributed by atoms with Crippen molar-refractivity contribution in [1.82, 2.24) is 9.62 Å². The van der Waals surface area contributed by atoms with Gasteiger partial charge in [-0.3, -0.25) is 9.59 Å². The maximum Gasteiger partial charge on any atom is 0.240 e. The summed E-state index contributed by atoms with van der Waals surface area (Å²) in [5.41, 5.74) is 0.549. The van der Waals surface area contributed by atoms with E-state index < -0.39 is 10.0 Å². The maximum absolute atomic E-state index is 12.5. The maximum atomic E-state index is 12.5. The zero-order valence-corrected chi connectivity index (χ0v) is 16.3. The van der Waals surface area contributed by atoms with E-state index in [2.05, 4.69) is 10.0 Å². The zero-order chi connectivity index (χ0) is 19.3. The topological polar surface area (TPSA) is 95.6 Å². The lowest BCUT2D eigenvalue weighted by molar-refractivity contribution is -0.133. The molecule has 0 bridgehead atoms. The molecule has 2 amide bonds. The van der Waals surface area contributed by atoms with Gasteiger partial charge in [0.05, 0.1) is 4.90 Å². The second kappa shape index (κ2) is 8.64. The summed E-state index contributed by atoms with van der Waals surface area (Å²) < 4.78 is 27.8. The van der Waals surface area contributed by atoms with Crippen LogP contribution in [-0.4, -0.2) is 44.3 Å². The van der Waals surface area contributed by atoms with E-state index in [1.807, 2.05) is 18.7 Å². The minimum absolute atomic E-state index is 0.134. The lowest BCUT2D eigenvalue weighted by atomic mass is 10.0. The van der Waals surface area contributed by atoms with Crippen LogP contribution in [0.3, 0.4) is 0 Å². The van der Waals surface area contributed by atoms with E-state index in [0.29, 0.717) is 44.0 Å². The molecule has 0 atom stereocenters. The number of likely N-dealkylation sites (tertiary alicyclic amines) is 1. The largest absolute Gasteiger partial charge is 0.343 e. The van der Waals surface area contributed by atoms with Gasteiger partial charge in [0.15, 0.2) is 0 Å². The Bertz CT molecular complexity index is 736. The fourth-order valence-corrected chi connectivity index (χ4v) is 4.24. The Kier molecular flexibility index (Phi) is 6.77. The third-order valence-electron chi connectivity index (χ3n) is 4.24. The molecule has 0 unspecified atom stereocenters. The highest BCUT2D eigenvalue weighted by Gasteiger charge is 2.26. The number of nitrogens with zero attached hydrogens (tertiary/aromatic N) is 1. The van der Waals surface area contributed by atoms with Gasteiger partial charge in [-0.15, -0.1) is 0 Å². The first kappa shape index (κ1) is 20.4. The van der Waals surface area contributed by atoms with Crippen LogP contribution in [0.1, 0.15) is 40.0 Å². The van der Waals surface area contributed by atoms with Crippen molar-refractivity contribution in [3.63, 3.8) is 0 Å². The number of amides is 2. The summed E-state index contributed by atoms with van der Waals surface area (Å²) in [6.07, 6.45) is 1.73. The van der Waals surface area contributed by atoms with Crippen molar-refractivity contribution in [3.8, 4) is 0 Å². The van der Waals surface area contributed by atoms with Crippen LogP contribution in [0.25, 0.3) is 0 Å². The molecule has 1 aromatic carbocycles. The molecule has 144 valence electrons. The standard InChI is InChI=1S/C18H27N3O4S/c1-13(2)12-18(23)21-10-8-16(9-11-21)20-26(24,25)17-6-4-15(5-7-17)19-14(3)22/h4-7,13,16,20H,8-12H2,1-3H3,(H,19,22). The molecule has 7 nitrogen and oxygen atoms in total. The number of hydrogen-bond donors (Lipinski definition) is 2. The number of rotatable bonds is 6. The van der Waals surface area contributed by atoms with Gasteiger partial charge in [-0.05, 0) is 43.0 Å². The molecule has 0 spiro atoms. The highest BCUT2D eigenvalue weighted by Crippen LogP contribution is 2.18. The predicted molar refractivity (Wildman–Crippen MR) is 100 cm³/mol. The van der Waals surface area contributed by atoms with Gasteiger partial charge in [-0.25, -0.2) is 13.1 Å². The molecule has 2 rings (SSSR count). The monoisotopic (exact) mass is 381 g/mol. The number of nitrogens with one attached hydrogen (secondary N) is 2. The molecule has 0 saturated carbocycles. The van der Waals surface area contributed by atoms with Crippen molar-refractivity contribution < 1.29 is 18.0 Å². The summed E-state index contributed by atoms with van der Waals surface area (Å²) in [4.78, 5) is 25.1. The summed E-state index contributed by atoms with van der Waals surface area (Å²) in [5, 5.41) is 2.60. The SMILES string of the molecule is CC(=O)Nc1ccc(S(=O)(=O)NC2CCN(C(=O)CC(C)C)CC2)cc1. The number of hydrogen-bond acceptors (Lipinski definition) is 4. The molecular formula is C18H27N3O4S. The molecule has 1 aliphatic heterocycles. The van der Waals surface area contributed by atoms with Gasteiger partial charge in [0.1, 0.15) is 0 Å². The van der Waals surface area contributed by atoms with Crippen molar-refractivity contribution in [3.05, 3.63) is 24.3 Å². The molecular weight excluding hydrogens is 354 g/mol. The van der Waals surface area contributed by atoms with Crippen LogP contribution in [0.4, 0.5) is 5.69 Å². The molecule has 0 radical (unpaired) electrons. The van der Waals surface area contributed by atoms with Gasteiger partial charge < -0.3 is 10.2 Å².